The Morgan fingerprint density at radius 3 is 2.61 bits per heavy atom. The summed E-state index contributed by atoms with van der Waals surface area (Å²) in [5, 5.41) is 10.1. The zero-order valence-corrected chi connectivity index (χ0v) is 15.9. The van der Waals surface area contributed by atoms with Crippen LogP contribution in [0, 0.1) is 0 Å². The van der Waals surface area contributed by atoms with Crippen molar-refractivity contribution in [1.82, 2.24) is 14.8 Å². The Kier molecular flexibility index (Phi) is 5.65. The average Bonchev–Trinajstić information content (AvgIpc) is 2.77. The van der Waals surface area contributed by atoms with Crippen LogP contribution in [0.15, 0.2) is 60.8 Å². The summed E-state index contributed by atoms with van der Waals surface area (Å²) in [4.78, 5) is 21.7. The molecule has 3 aromatic rings. The van der Waals surface area contributed by atoms with Crippen LogP contribution in [-0.2, 0) is 0 Å². The van der Waals surface area contributed by atoms with Crippen LogP contribution in [0.2, 0.25) is 0 Å². The minimum Gasteiger partial charge on any atom is -0.396 e. The molecule has 1 amide bonds. The Hall–Kier alpha value is -2.76. The largest absolute Gasteiger partial charge is 0.396 e. The third-order valence-corrected chi connectivity index (χ3v) is 5.33. The van der Waals surface area contributed by atoms with E-state index >= 15 is 0 Å². The summed E-state index contributed by atoms with van der Waals surface area (Å²) in [7, 11) is 0. The quantitative estimate of drug-likeness (QED) is 0.745. The molecule has 1 aliphatic rings. The Labute approximate surface area is 165 Å². The number of piperazine rings is 1. The molecule has 1 aromatic heterocycles. The van der Waals surface area contributed by atoms with Crippen molar-refractivity contribution in [3.05, 3.63) is 66.4 Å². The molecule has 144 valence electrons. The number of benzene rings is 2. The van der Waals surface area contributed by atoms with Crippen molar-refractivity contribution >= 4 is 16.8 Å². The van der Waals surface area contributed by atoms with Crippen molar-refractivity contribution in [2.24, 2.45) is 0 Å². The predicted molar refractivity (Wildman–Crippen MR) is 111 cm³/mol. The number of aliphatic hydroxyl groups is 1. The van der Waals surface area contributed by atoms with Crippen molar-refractivity contribution in [3.63, 3.8) is 0 Å². The van der Waals surface area contributed by atoms with E-state index in [9.17, 15) is 4.79 Å². The maximum Gasteiger partial charge on any atom is 0.253 e. The molecule has 2 aromatic carbocycles. The van der Waals surface area contributed by atoms with Crippen LogP contribution in [0.25, 0.3) is 22.0 Å². The van der Waals surface area contributed by atoms with E-state index in [-0.39, 0.29) is 12.5 Å². The normalized spacial score (nSPS) is 15.1. The summed E-state index contributed by atoms with van der Waals surface area (Å²) in [5.41, 5.74) is 3.71. The molecule has 4 rings (SSSR count). The molecule has 0 spiro atoms. The zero-order chi connectivity index (χ0) is 19.3. The van der Waals surface area contributed by atoms with E-state index in [4.69, 9.17) is 5.11 Å². The minimum atomic E-state index is 0.0809. The van der Waals surface area contributed by atoms with Crippen molar-refractivity contribution in [3.8, 4) is 11.1 Å². The summed E-state index contributed by atoms with van der Waals surface area (Å²) in [6.45, 7) is 4.29. The lowest BCUT2D eigenvalue weighted by atomic mass is 10.0. The number of pyridine rings is 1. The fourth-order valence-electron chi connectivity index (χ4n) is 3.71. The van der Waals surface area contributed by atoms with E-state index in [2.05, 4.69) is 22.0 Å². The molecule has 0 radical (unpaired) electrons. The fraction of sp³-hybridized carbons (Fsp3) is 0.304. The number of rotatable bonds is 5. The van der Waals surface area contributed by atoms with E-state index in [1.807, 2.05) is 53.6 Å². The van der Waals surface area contributed by atoms with Crippen LogP contribution in [0.3, 0.4) is 0 Å². The molecule has 2 heterocycles. The number of carbonyl (C=O) groups is 1. The number of fused-ring (bicyclic) bond motifs is 1. The van der Waals surface area contributed by atoms with Crippen LogP contribution in [0.5, 0.6) is 0 Å². The van der Waals surface area contributed by atoms with Crippen LogP contribution in [0.4, 0.5) is 0 Å². The minimum absolute atomic E-state index is 0.0809. The smallest absolute Gasteiger partial charge is 0.253 e. The molecule has 0 atom stereocenters. The van der Waals surface area contributed by atoms with Crippen molar-refractivity contribution in [1.29, 1.82) is 0 Å². The standard InChI is InChI=1S/C23H25N3O2/c27-14-4-9-25-10-12-26(13-11-25)23(28)20-7-3-6-18(15-20)21-16-19-5-1-2-8-22(19)24-17-21/h1-3,5-8,15-17,27H,4,9-14H2. The molecule has 5 heteroatoms. The van der Waals surface area contributed by atoms with Crippen molar-refractivity contribution < 1.29 is 9.90 Å². The summed E-state index contributed by atoms with van der Waals surface area (Å²) < 4.78 is 0. The predicted octanol–water partition coefficient (Wildman–Crippen LogP) is 3.04. The van der Waals surface area contributed by atoms with Crippen LogP contribution < -0.4 is 0 Å². The Balaban J connectivity index is 1.49. The summed E-state index contributed by atoms with van der Waals surface area (Å²) in [6, 6.07) is 18.0. The average molecular weight is 375 g/mol. The third-order valence-electron chi connectivity index (χ3n) is 5.33. The van der Waals surface area contributed by atoms with E-state index in [1.165, 1.54) is 0 Å². The maximum absolute atomic E-state index is 13.0. The number of hydrogen-bond acceptors (Lipinski definition) is 4. The lowest BCUT2D eigenvalue weighted by Gasteiger charge is -2.34. The van der Waals surface area contributed by atoms with E-state index in [1.54, 1.807) is 0 Å². The van der Waals surface area contributed by atoms with Gasteiger partial charge in [-0.15, -0.1) is 0 Å². The molecular weight excluding hydrogens is 350 g/mol. The van der Waals surface area contributed by atoms with Gasteiger partial charge in [0.25, 0.3) is 5.91 Å². The molecule has 1 saturated heterocycles. The Morgan fingerprint density at radius 1 is 0.964 bits per heavy atom. The number of aliphatic hydroxyl groups excluding tert-OH is 1. The molecule has 0 unspecified atom stereocenters. The highest BCUT2D eigenvalue weighted by molar-refractivity contribution is 5.96. The van der Waals surface area contributed by atoms with Gasteiger partial charge in [-0.05, 0) is 36.2 Å². The van der Waals surface area contributed by atoms with Crippen molar-refractivity contribution in [2.75, 3.05) is 39.3 Å². The second-order valence-corrected chi connectivity index (χ2v) is 7.21. The van der Waals surface area contributed by atoms with Gasteiger partial charge in [-0.25, -0.2) is 0 Å². The van der Waals surface area contributed by atoms with Gasteiger partial charge in [-0.1, -0.05) is 30.3 Å². The summed E-state index contributed by atoms with van der Waals surface area (Å²) in [5.74, 6) is 0.0809. The van der Waals surface area contributed by atoms with Crippen LogP contribution in [-0.4, -0.2) is 65.1 Å². The first-order chi connectivity index (χ1) is 13.7. The maximum atomic E-state index is 13.0. The van der Waals surface area contributed by atoms with E-state index in [0.717, 1.165) is 66.7 Å². The Bertz CT molecular complexity index is 965. The number of hydrogen-bond donors (Lipinski definition) is 1. The van der Waals surface area contributed by atoms with E-state index < -0.39 is 0 Å². The lowest BCUT2D eigenvalue weighted by molar-refractivity contribution is 0.0629. The SMILES string of the molecule is O=C(c1cccc(-c2cnc3ccccc3c2)c1)N1CCN(CCCO)CC1. The topological polar surface area (TPSA) is 56.7 Å². The van der Waals surface area contributed by atoms with Gasteiger partial charge in [-0.2, -0.15) is 0 Å². The van der Waals surface area contributed by atoms with Gasteiger partial charge in [0, 0.05) is 62.0 Å². The molecule has 1 fully saturated rings. The highest BCUT2D eigenvalue weighted by Gasteiger charge is 2.22. The number of nitrogens with zero attached hydrogens (tertiary/aromatic N) is 3. The summed E-state index contributed by atoms with van der Waals surface area (Å²) in [6.07, 6.45) is 2.65. The van der Waals surface area contributed by atoms with Crippen LogP contribution >= 0.6 is 0 Å². The second-order valence-electron chi connectivity index (χ2n) is 7.21. The second kappa shape index (κ2) is 8.50. The third kappa shape index (κ3) is 4.06. The monoisotopic (exact) mass is 375 g/mol. The number of aromatic nitrogens is 1. The van der Waals surface area contributed by atoms with Crippen molar-refractivity contribution in [2.45, 2.75) is 6.42 Å². The van der Waals surface area contributed by atoms with Gasteiger partial charge in [0.1, 0.15) is 0 Å². The first-order valence-electron chi connectivity index (χ1n) is 9.82. The molecular formula is C23H25N3O2. The lowest BCUT2D eigenvalue weighted by Crippen LogP contribution is -2.48. The molecule has 0 aliphatic carbocycles. The fourth-order valence-corrected chi connectivity index (χ4v) is 3.71. The van der Waals surface area contributed by atoms with E-state index in [0.29, 0.717) is 0 Å². The molecule has 1 N–H and O–H groups in total. The first kappa shape index (κ1) is 18.6. The molecule has 0 bridgehead atoms. The number of para-hydroxylation sites is 1. The van der Waals surface area contributed by atoms with Gasteiger partial charge in [0.05, 0.1) is 5.52 Å². The number of amides is 1. The zero-order valence-electron chi connectivity index (χ0n) is 15.9. The van der Waals surface area contributed by atoms with Gasteiger partial charge in [0.15, 0.2) is 0 Å². The number of carbonyl (C=O) groups excluding carboxylic acids is 1. The van der Waals surface area contributed by atoms with Gasteiger partial charge in [0.2, 0.25) is 0 Å². The highest BCUT2D eigenvalue weighted by atomic mass is 16.3. The van der Waals surface area contributed by atoms with Gasteiger partial charge in [-0.3, -0.25) is 14.7 Å². The molecule has 1 aliphatic heterocycles. The highest BCUT2D eigenvalue weighted by Crippen LogP contribution is 2.24. The molecule has 28 heavy (non-hydrogen) atoms. The summed E-state index contributed by atoms with van der Waals surface area (Å²) >= 11 is 0. The van der Waals surface area contributed by atoms with Gasteiger partial charge < -0.3 is 10.0 Å². The molecule has 5 nitrogen and oxygen atoms in total. The Morgan fingerprint density at radius 2 is 1.79 bits per heavy atom. The molecule has 0 saturated carbocycles. The first-order valence-corrected chi connectivity index (χ1v) is 9.82. The van der Waals surface area contributed by atoms with Gasteiger partial charge >= 0.3 is 0 Å². The van der Waals surface area contributed by atoms with Crippen LogP contribution in [0.1, 0.15) is 16.8 Å².